The Hall–Kier alpha value is -0.0400. The van der Waals surface area contributed by atoms with E-state index in [1.54, 1.807) is 0 Å². The van der Waals surface area contributed by atoms with Gasteiger partial charge in [0.15, 0.2) is 0 Å². The van der Waals surface area contributed by atoms with E-state index in [1.165, 1.54) is 90.1 Å². The lowest BCUT2D eigenvalue weighted by Crippen LogP contribution is -2.30. The van der Waals surface area contributed by atoms with Crippen molar-refractivity contribution in [2.45, 2.75) is 119 Å². The molecule has 0 bridgehead atoms. The number of nitrogens with one attached hydrogen (secondary N) is 1. The van der Waals surface area contributed by atoms with Crippen LogP contribution in [0.2, 0.25) is 0 Å². The van der Waals surface area contributed by atoms with Crippen molar-refractivity contribution in [3.05, 3.63) is 0 Å². The zero-order valence-corrected chi connectivity index (χ0v) is 18.7. The predicted octanol–water partition coefficient (Wildman–Crippen LogP) is 7.84. The molecule has 0 saturated heterocycles. The fourth-order valence-electron chi connectivity index (χ4n) is 4.19. The van der Waals surface area contributed by atoms with Gasteiger partial charge in [-0.2, -0.15) is 0 Å². The third kappa shape index (κ3) is 12.9. The molecule has 0 saturated carbocycles. The van der Waals surface area contributed by atoms with E-state index in [4.69, 9.17) is 0 Å². The van der Waals surface area contributed by atoms with Crippen molar-refractivity contribution in [3.8, 4) is 0 Å². The smallest absolute Gasteiger partial charge is 0.00204 e. The van der Waals surface area contributed by atoms with Gasteiger partial charge in [0.25, 0.3) is 0 Å². The van der Waals surface area contributed by atoms with Crippen molar-refractivity contribution in [1.82, 2.24) is 5.32 Å². The summed E-state index contributed by atoms with van der Waals surface area (Å²) in [4.78, 5) is 0. The first-order chi connectivity index (χ1) is 12.1. The van der Waals surface area contributed by atoms with Crippen LogP contribution in [0.5, 0.6) is 0 Å². The highest BCUT2D eigenvalue weighted by atomic mass is 14.9. The maximum atomic E-state index is 3.86. The zero-order valence-electron chi connectivity index (χ0n) is 18.7. The standard InChI is InChI=1S/C24H51N/c1-7-13-15-21(9-3)17-23(11-5)19-25-20-24(12-6)18-22(10-4)16-14-8-2/h21-25H,7-20H2,1-6H3/t21-,22-,23-,24-/m0/s1. The highest BCUT2D eigenvalue weighted by Crippen LogP contribution is 2.25. The first-order valence-electron chi connectivity index (χ1n) is 11.8. The van der Waals surface area contributed by atoms with Crippen LogP contribution in [0.25, 0.3) is 0 Å². The molecule has 0 fully saturated rings. The lowest BCUT2D eigenvalue weighted by Gasteiger charge is -2.25. The van der Waals surface area contributed by atoms with Gasteiger partial charge in [-0.25, -0.2) is 0 Å². The Kier molecular flexibility index (Phi) is 17.3. The van der Waals surface area contributed by atoms with Gasteiger partial charge in [-0.1, -0.05) is 106 Å². The average Bonchev–Trinajstić information content (AvgIpc) is 2.65. The van der Waals surface area contributed by atoms with Crippen LogP contribution < -0.4 is 5.32 Å². The van der Waals surface area contributed by atoms with Crippen molar-refractivity contribution in [1.29, 1.82) is 0 Å². The molecule has 0 heterocycles. The van der Waals surface area contributed by atoms with E-state index in [0.717, 1.165) is 23.7 Å². The maximum Gasteiger partial charge on any atom is -0.00204 e. The molecule has 1 heteroatoms. The first kappa shape index (κ1) is 25.0. The minimum absolute atomic E-state index is 0.876. The van der Waals surface area contributed by atoms with E-state index in [0.29, 0.717) is 0 Å². The normalized spacial score (nSPS) is 16.6. The number of rotatable bonds is 18. The van der Waals surface area contributed by atoms with E-state index < -0.39 is 0 Å². The van der Waals surface area contributed by atoms with Gasteiger partial charge in [0.05, 0.1) is 0 Å². The molecule has 0 amide bonds. The molecule has 1 N–H and O–H groups in total. The van der Waals surface area contributed by atoms with Crippen molar-refractivity contribution in [2.75, 3.05) is 13.1 Å². The molecule has 0 aliphatic heterocycles. The van der Waals surface area contributed by atoms with Gasteiger partial charge < -0.3 is 5.32 Å². The molecule has 0 aliphatic rings. The van der Waals surface area contributed by atoms with Crippen molar-refractivity contribution in [2.24, 2.45) is 23.7 Å². The third-order valence-corrected chi connectivity index (χ3v) is 6.44. The highest BCUT2D eigenvalue weighted by molar-refractivity contribution is 4.71. The van der Waals surface area contributed by atoms with E-state index in [9.17, 15) is 0 Å². The fourth-order valence-corrected chi connectivity index (χ4v) is 4.19. The minimum atomic E-state index is 0.876. The number of hydrogen-bond acceptors (Lipinski definition) is 1. The summed E-state index contributed by atoms with van der Waals surface area (Å²) in [6.07, 6.45) is 16.7. The summed E-state index contributed by atoms with van der Waals surface area (Å²) in [5.41, 5.74) is 0. The van der Waals surface area contributed by atoms with Crippen molar-refractivity contribution < 1.29 is 0 Å². The van der Waals surface area contributed by atoms with Crippen LogP contribution >= 0.6 is 0 Å². The van der Waals surface area contributed by atoms with Gasteiger partial charge in [-0.3, -0.25) is 0 Å². The topological polar surface area (TPSA) is 12.0 Å². The summed E-state index contributed by atoms with van der Waals surface area (Å²) < 4.78 is 0. The van der Waals surface area contributed by atoms with Crippen LogP contribution in [0.1, 0.15) is 119 Å². The summed E-state index contributed by atoms with van der Waals surface area (Å²) in [5.74, 6) is 3.65. The molecule has 0 aromatic carbocycles. The molecule has 0 aliphatic carbocycles. The van der Waals surface area contributed by atoms with E-state index in [-0.39, 0.29) is 0 Å². The second-order valence-corrected chi connectivity index (χ2v) is 8.51. The molecule has 25 heavy (non-hydrogen) atoms. The molecular weight excluding hydrogens is 302 g/mol. The zero-order chi connectivity index (χ0) is 18.9. The Morgan fingerprint density at radius 2 is 0.880 bits per heavy atom. The molecule has 0 aromatic rings. The van der Waals surface area contributed by atoms with Gasteiger partial charge in [-0.15, -0.1) is 0 Å². The monoisotopic (exact) mass is 353 g/mol. The van der Waals surface area contributed by atoms with Crippen molar-refractivity contribution >= 4 is 0 Å². The SMILES string of the molecule is CCCC[C@H](CC)C[C@H](CC)CNC[C@@H](CC)C[C@@H](CC)CCCC. The van der Waals surface area contributed by atoms with E-state index in [1.807, 2.05) is 0 Å². The summed E-state index contributed by atoms with van der Waals surface area (Å²) >= 11 is 0. The Bertz CT molecular complexity index is 237. The highest BCUT2D eigenvalue weighted by Gasteiger charge is 2.16. The van der Waals surface area contributed by atoms with Crippen molar-refractivity contribution in [3.63, 3.8) is 0 Å². The number of unbranched alkanes of at least 4 members (excludes halogenated alkanes) is 2. The summed E-state index contributed by atoms with van der Waals surface area (Å²) in [6, 6.07) is 0. The third-order valence-electron chi connectivity index (χ3n) is 6.44. The molecular formula is C24H51N. The Morgan fingerprint density at radius 3 is 1.16 bits per heavy atom. The lowest BCUT2D eigenvalue weighted by atomic mass is 9.86. The first-order valence-corrected chi connectivity index (χ1v) is 11.8. The van der Waals surface area contributed by atoms with Crippen LogP contribution in [-0.4, -0.2) is 13.1 Å². The molecule has 4 atom stereocenters. The molecule has 0 unspecified atom stereocenters. The average molecular weight is 354 g/mol. The van der Waals surface area contributed by atoms with Crippen LogP contribution in [0, 0.1) is 23.7 Å². The molecule has 0 rings (SSSR count). The molecule has 0 aromatic heterocycles. The summed E-state index contributed by atoms with van der Waals surface area (Å²) in [6.45, 7) is 16.6. The molecule has 152 valence electrons. The minimum Gasteiger partial charge on any atom is -0.316 e. The van der Waals surface area contributed by atoms with Gasteiger partial charge in [-0.05, 0) is 49.6 Å². The largest absolute Gasteiger partial charge is 0.316 e. The predicted molar refractivity (Wildman–Crippen MR) is 116 cm³/mol. The van der Waals surface area contributed by atoms with Crippen LogP contribution in [0.15, 0.2) is 0 Å². The fraction of sp³-hybridized carbons (Fsp3) is 1.00. The van der Waals surface area contributed by atoms with Crippen LogP contribution in [-0.2, 0) is 0 Å². The van der Waals surface area contributed by atoms with Crippen LogP contribution in [0.4, 0.5) is 0 Å². The summed E-state index contributed by atoms with van der Waals surface area (Å²) in [5, 5.41) is 3.86. The Labute approximate surface area is 161 Å². The Morgan fingerprint density at radius 1 is 0.520 bits per heavy atom. The Balaban J connectivity index is 4.18. The quantitative estimate of drug-likeness (QED) is 0.264. The van der Waals surface area contributed by atoms with Gasteiger partial charge in [0, 0.05) is 0 Å². The molecule has 0 radical (unpaired) electrons. The lowest BCUT2D eigenvalue weighted by molar-refractivity contribution is 0.292. The molecule has 1 nitrogen and oxygen atoms in total. The summed E-state index contributed by atoms with van der Waals surface area (Å²) in [7, 11) is 0. The van der Waals surface area contributed by atoms with Crippen LogP contribution in [0.3, 0.4) is 0 Å². The van der Waals surface area contributed by atoms with Gasteiger partial charge in [0.1, 0.15) is 0 Å². The number of hydrogen-bond donors (Lipinski definition) is 1. The second kappa shape index (κ2) is 17.4. The van der Waals surface area contributed by atoms with E-state index in [2.05, 4.69) is 46.9 Å². The second-order valence-electron chi connectivity index (χ2n) is 8.51. The molecule has 0 spiro atoms. The maximum absolute atomic E-state index is 3.86. The van der Waals surface area contributed by atoms with Gasteiger partial charge >= 0.3 is 0 Å². The van der Waals surface area contributed by atoms with E-state index >= 15 is 0 Å². The van der Waals surface area contributed by atoms with Gasteiger partial charge in [0.2, 0.25) is 0 Å².